The molecule has 0 aliphatic carbocycles. The molecule has 9 amide bonds. The number of β-amino-alcohol motifs (C(OH)–C–C–N with tert-alkyl or cyclic N) is 2. The number of nitrogens with two attached hydrogens (primary N) is 1. The highest BCUT2D eigenvalue weighted by atomic mass is 32.2. The van der Waals surface area contributed by atoms with Crippen LogP contribution in [0.5, 0.6) is 0 Å². The van der Waals surface area contributed by atoms with Gasteiger partial charge in [0.1, 0.15) is 42.8 Å². The summed E-state index contributed by atoms with van der Waals surface area (Å²) in [4.78, 5) is 137. The lowest BCUT2D eigenvalue weighted by molar-refractivity contribution is -0.147. The summed E-state index contributed by atoms with van der Waals surface area (Å²) in [5.41, 5.74) is 5.52. The normalized spacial score (nSPS) is 26.3. The van der Waals surface area contributed by atoms with Gasteiger partial charge in [0.05, 0.1) is 31.8 Å². The molecular weight excluding hydrogens is 837 g/mol. The van der Waals surface area contributed by atoms with Crippen molar-refractivity contribution in [2.45, 2.75) is 106 Å². The second kappa shape index (κ2) is 21.8. The number of aliphatic hydroxyl groups excluding tert-OH is 2. The van der Waals surface area contributed by atoms with E-state index in [-0.39, 0.29) is 64.8 Å². The Kier molecular flexibility index (Phi) is 16.9. The zero-order valence-electron chi connectivity index (χ0n) is 34.7. The summed E-state index contributed by atoms with van der Waals surface area (Å²) in [6.07, 6.45) is 2.22. The van der Waals surface area contributed by atoms with Gasteiger partial charge in [-0.3, -0.25) is 47.9 Å². The molecule has 62 heavy (non-hydrogen) atoms. The van der Waals surface area contributed by atoms with Gasteiger partial charge in [-0.1, -0.05) is 0 Å². The van der Waals surface area contributed by atoms with Crippen LogP contribution in [0, 0.1) is 0 Å². The average Bonchev–Trinajstić information content (AvgIpc) is 4.11. The first-order valence-corrected chi connectivity index (χ1v) is 22.3. The lowest BCUT2D eigenvalue weighted by atomic mass is 10.1. The molecular formula is C38H58N10O13S. The van der Waals surface area contributed by atoms with Crippen molar-refractivity contribution in [3.05, 3.63) is 0 Å². The molecule has 0 spiro atoms. The summed E-state index contributed by atoms with van der Waals surface area (Å²) < 4.78 is 0. The van der Waals surface area contributed by atoms with Crippen molar-refractivity contribution >= 4 is 70.9 Å². The summed E-state index contributed by atoms with van der Waals surface area (Å²) in [6.45, 7) is -1.53. The molecule has 5 heterocycles. The second-order valence-electron chi connectivity index (χ2n) is 16.1. The molecule has 5 fully saturated rings. The molecule has 5 aliphatic rings. The summed E-state index contributed by atoms with van der Waals surface area (Å²) in [6, 6.07) is -6.07. The Morgan fingerprint density at radius 1 is 0.613 bits per heavy atom. The number of carboxylic acids is 1. The number of amides is 9. The van der Waals surface area contributed by atoms with Gasteiger partial charge in [0.25, 0.3) is 0 Å². The third kappa shape index (κ3) is 11.5. The van der Waals surface area contributed by atoms with Gasteiger partial charge in [0.2, 0.25) is 53.2 Å². The number of rotatable bonds is 17. The molecule has 344 valence electrons. The average molecular weight is 895 g/mol. The van der Waals surface area contributed by atoms with Crippen LogP contribution >= 0.6 is 11.8 Å². The Balaban J connectivity index is 1.13. The monoisotopic (exact) mass is 894 g/mol. The summed E-state index contributed by atoms with van der Waals surface area (Å²) in [5.74, 6) is -6.17. The zero-order chi connectivity index (χ0) is 45.2. The lowest BCUT2D eigenvalue weighted by Crippen LogP contribution is -2.56. The fourth-order valence-corrected chi connectivity index (χ4v) is 9.39. The fourth-order valence-electron chi connectivity index (χ4n) is 8.92. The Morgan fingerprint density at radius 2 is 1.06 bits per heavy atom. The summed E-state index contributed by atoms with van der Waals surface area (Å²) >= 11 is 1.42. The van der Waals surface area contributed by atoms with E-state index in [0.717, 1.165) is 4.90 Å². The number of hydrogen-bond acceptors (Lipinski definition) is 14. The number of carboxylic acid groups (broad SMARTS) is 1. The molecule has 5 saturated heterocycles. The van der Waals surface area contributed by atoms with E-state index >= 15 is 0 Å². The van der Waals surface area contributed by atoms with Crippen molar-refractivity contribution in [1.29, 1.82) is 0 Å². The molecule has 0 bridgehead atoms. The van der Waals surface area contributed by atoms with Gasteiger partial charge in [-0.2, -0.15) is 11.8 Å². The smallest absolute Gasteiger partial charge is 0.322 e. The maximum Gasteiger partial charge on any atom is 0.322 e. The Labute approximate surface area is 362 Å². The van der Waals surface area contributed by atoms with Gasteiger partial charge in [0, 0.05) is 45.6 Å². The van der Waals surface area contributed by atoms with E-state index in [0.29, 0.717) is 38.0 Å². The quantitative estimate of drug-likeness (QED) is 0.0676. The topological polar surface area (TPSA) is 322 Å². The first-order chi connectivity index (χ1) is 29.6. The SMILES string of the molecule is CSCC[C@H](NC(=O)[C@@H]1CCCN1C(=O)CNC(=O)[C@@H]1C[C@@H](O)CN1C(=O)[C@@H]1CCCN1C(=O)CN)C(=O)NCC(=O)N1CCC[C@H]1C(=O)N1C[C@H](O)C[C@H]1C(=O)NCC(=O)O. The van der Waals surface area contributed by atoms with Gasteiger partial charge >= 0.3 is 5.97 Å². The molecule has 8 atom stereocenters. The van der Waals surface area contributed by atoms with Crippen molar-refractivity contribution in [2.75, 3.05) is 70.9 Å². The molecule has 0 radical (unpaired) electrons. The van der Waals surface area contributed by atoms with Crippen LogP contribution in [0.25, 0.3) is 0 Å². The number of nitrogens with one attached hydrogen (secondary N) is 4. The highest BCUT2D eigenvalue weighted by Crippen LogP contribution is 2.27. The van der Waals surface area contributed by atoms with Gasteiger partial charge in [-0.15, -0.1) is 0 Å². The first kappa shape index (κ1) is 48.0. The molecule has 0 saturated carbocycles. The number of aliphatic carboxylic acids is 1. The number of carbonyl (C=O) groups excluding carboxylic acids is 9. The fraction of sp³-hybridized carbons (Fsp3) is 0.737. The van der Waals surface area contributed by atoms with Crippen LogP contribution in [0.1, 0.15) is 57.8 Å². The van der Waals surface area contributed by atoms with Gasteiger partial charge in [-0.25, -0.2) is 0 Å². The third-order valence-corrected chi connectivity index (χ3v) is 12.6. The number of aliphatic hydroxyl groups is 2. The predicted molar refractivity (Wildman–Crippen MR) is 217 cm³/mol. The predicted octanol–water partition coefficient (Wildman–Crippen LogP) is -5.49. The highest BCUT2D eigenvalue weighted by molar-refractivity contribution is 7.98. The molecule has 5 aliphatic heterocycles. The lowest BCUT2D eigenvalue weighted by Gasteiger charge is -2.31. The minimum atomic E-state index is -1.28. The van der Waals surface area contributed by atoms with Crippen molar-refractivity contribution in [3.8, 4) is 0 Å². The zero-order valence-corrected chi connectivity index (χ0v) is 35.5. The summed E-state index contributed by atoms with van der Waals surface area (Å²) in [5, 5.41) is 39.6. The van der Waals surface area contributed by atoms with Crippen molar-refractivity contribution < 1.29 is 63.3 Å². The number of thioether (sulfide) groups is 1. The number of nitrogens with zero attached hydrogens (tertiary/aromatic N) is 5. The molecule has 5 rings (SSSR count). The molecule has 0 aromatic rings. The van der Waals surface area contributed by atoms with Gasteiger partial charge in [0.15, 0.2) is 0 Å². The first-order valence-electron chi connectivity index (χ1n) is 21.0. The van der Waals surface area contributed by atoms with Crippen LogP contribution in [-0.2, 0) is 47.9 Å². The van der Waals surface area contributed by atoms with E-state index in [1.165, 1.54) is 31.4 Å². The molecule has 0 aromatic heterocycles. The van der Waals surface area contributed by atoms with Crippen molar-refractivity contribution in [1.82, 2.24) is 45.8 Å². The van der Waals surface area contributed by atoms with E-state index in [1.807, 2.05) is 6.26 Å². The number of hydrogen-bond donors (Lipinski definition) is 8. The third-order valence-electron chi connectivity index (χ3n) is 12.0. The maximum absolute atomic E-state index is 13.6. The van der Waals surface area contributed by atoms with Gasteiger partial charge < -0.3 is 66.8 Å². The second-order valence-corrected chi connectivity index (χ2v) is 17.1. The largest absolute Gasteiger partial charge is 0.480 e. The van der Waals surface area contributed by atoms with E-state index in [2.05, 4.69) is 21.3 Å². The van der Waals surface area contributed by atoms with Crippen LogP contribution in [0.2, 0.25) is 0 Å². The minimum absolute atomic E-state index is 0.0679. The Bertz CT molecular complexity index is 1760. The molecule has 0 aromatic carbocycles. The van der Waals surface area contributed by atoms with Crippen LogP contribution in [0.3, 0.4) is 0 Å². The van der Waals surface area contributed by atoms with E-state index in [9.17, 15) is 58.2 Å². The molecule has 9 N–H and O–H groups in total. The van der Waals surface area contributed by atoms with Gasteiger partial charge in [-0.05, 0) is 57.0 Å². The number of carbonyl (C=O) groups is 10. The van der Waals surface area contributed by atoms with E-state index < -0.39 is 127 Å². The summed E-state index contributed by atoms with van der Waals surface area (Å²) in [7, 11) is 0. The molecule has 0 unspecified atom stereocenters. The highest BCUT2D eigenvalue weighted by Gasteiger charge is 2.46. The van der Waals surface area contributed by atoms with E-state index in [4.69, 9.17) is 10.8 Å². The van der Waals surface area contributed by atoms with Crippen LogP contribution in [0.15, 0.2) is 0 Å². The standard InChI is InChI=1S/C38H58N10O13S/c1-62-12-8-23(33(56)40-16-31(53)46-11-4-7-26(46)38(61)48-20-22(50)14-28(48)35(58)42-18-32(54)55)43-36(59)24-5-2-9-44(24)30(52)17-41-34(57)27-13-21(49)19-47(27)37(60)25-6-3-10-45(25)29(51)15-39/h21-28,49-50H,2-20,39H2,1H3,(H,40,56)(H,41,57)(H,42,58)(H,43,59)(H,54,55)/t21-,22-,23+,24+,25+,26+,27+,28+/m1/s1. The van der Waals surface area contributed by atoms with Crippen molar-refractivity contribution in [3.63, 3.8) is 0 Å². The minimum Gasteiger partial charge on any atom is -0.480 e. The van der Waals surface area contributed by atoms with Crippen LogP contribution in [0.4, 0.5) is 0 Å². The number of likely N-dealkylation sites (tertiary alicyclic amines) is 5. The van der Waals surface area contributed by atoms with Crippen molar-refractivity contribution in [2.24, 2.45) is 5.73 Å². The molecule has 24 heteroatoms. The Hall–Kier alpha value is -5.07. The molecule has 23 nitrogen and oxygen atoms in total. The van der Waals surface area contributed by atoms with E-state index in [1.54, 1.807) is 0 Å². The van der Waals surface area contributed by atoms with Crippen LogP contribution < -0.4 is 27.0 Å². The maximum atomic E-state index is 13.6. The van der Waals surface area contributed by atoms with Crippen LogP contribution in [-0.4, -0.2) is 218 Å². The Morgan fingerprint density at radius 3 is 1.55 bits per heavy atom.